The molecule has 2 atom stereocenters. The highest BCUT2D eigenvalue weighted by Gasteiger charge is 2.27. The third-order valence-corrected chi connectivity index (χ3v) is 4.09. The number of nitrogens with zero attached hydrogens (tertiary/aromatic N) is 3. The number of amides is 1. The molecule has 120 valence electrons. The molecule has 0 aliphatic carbocycles. The third-order valence-electron chi connectivity index (χ3n) is 4.09. The van der Waals surface area contributed by atoms with Gasteiger partial charge in [0.25, 0.3) is 0 Å². The monoisotopic (exact) mass is 306 g/mol. The number of carbonyl (C=O) groups is 1. The Morgan fingerprint density at radius 1 is 1.32 bits per heavy atom. The van der Waals surface area contributed by atoms with Crippen LogP contribution in [0.15, 0.2) is 18.6 Å². The summed E-state index contributed by atoms with van der Waals surface area (Å²) in [6.45, 7) is 2.24. The van der Waals surface area contributed by atoms with Crippen molar-refractivity contribution in [3.05, 3.63) is 18.6 Å². The van der Waals surface area contributed by atoms with Crippen LogP contribution in [0, 0.1) is 5.92 Å². The number of rotatable bonds is 4. The Morgan fingerprint density at radius 2 is 2.27 bits per heavy atom. The van der Waals surface area contributed by atoms with Gasteiger partial charge in [0.15, 0.2) is 6.29 Å². The molecule has 1 N–H and O–H groups in total. The highest BCUT2D eigenvalue weighted by molar-refractivity contribution is 5.78. The van der Waals surface area contributed by atoms with E-state index < -0.39 is 0 Å². The second kappa shape index (κ2) is 7.51. The van der Waals surface area contributed by atoms with Crippen molar-refractivity contribution in [1.82, 2.24) is 15.4 Å². The molecule has 1 aromatic heterocycles. The molecule has 0 aromatic carbocycles. The zero-order valence-corrected chi connectivity index (χ0v) is 12.6. The summed E-state index contributed by atoms with van der Waals surface area (Å²) in [5.41, 5.74) is 2.57. The topological polar surface area (TPSA) is 76.6 Å². The van der Waals surface area contributed by atoms with Crippen LogP contribution in [-0.4, -0.2) is 41.9 Å². The third kappa shape index (κ3) is 3.92. The fourth-order valence-corrected chi connectivity index (χ4v) is 2.87. The van der Waals surface area contributed by atoms with Crippen LogP contribution >= 0.6 is 0 Å². The van der Waals surface area contributed by atoms with Crippen LogP contribution in [0.4, 0.5) is 5.82 Å². The molecule has 1 aromatic rings. The second-order valence-electron chi connectivity index (χ2n) is 5.73. The summed E-state index contributed by atoms with van der Waals surface area (Å²) < 4.78 is 5.44. The molecule has 22 heavy (non-hydrogen) atoms. The van der Waals surface area contributed by atoms with E-state index in [4.69, 9.17) is 9.57 Å². The lowest BCUT2D eigenvalue weighted by Gasteiger charge is -2.32. The molecule has 7 heteroatoms. The molecule has 3 rings (SSSR count). The first kappa shape index (κ1) is 15.2. The van der Waals surface area contributed by atoms with Gasteiger partial charge in [-0.1, -0.05) is 0 Å². The number of aromatic nitrogens is 2. The van der Waals surface area contributed by atoms with Gasteiger partial charge in [0, 0.05) is 38.5 Å². The standard InChI is InChI=1S/C15H22N4O3/c20-15(18-22-14-5-1-2-9-21-14)12-4-3-8-19(11-12)13-10-16-6-7-17-13/h6-7,10,12,14H,1-5,8-9,11H2,(H,18,20)/t12-,14+/m0/s1. The smallest absolute Gasteiger partial charge is 0.248 e. The Bertz CT molecular complexity index is 479. The minimum atomic E-state index is -0.308. The van der Waals surface area contributed by atoms with Gasteiger partial charge in [-0.2, -0.15) is 0 Å². The maximum atomic E-state index is 12.3. The van der Waals surface area contributed by atoms with Crippen LogP contribution in [-0.2, 0) is 14.4 Å². The highest BCUT2D eigenvalue weighted by atomic mass is 16.8. The first-order valence-corrected chi connectivity index (χ1v) is 7.91. The predicted octanol–water partition coefficient (Wildman–Crippen LogP) is 1.27. The molecule has 2 aliphatic rings. The van der Waals surface area contributed by atoms with Gasteiger partial charge < -0.3 is 9.64 Å². The van der Waals surface area contributed by atoms with Crippen molar-refractivity contribution >= 4 is 11.7 Å². The van der Waals surface area contributed by atoms with Gasteiger partial charge in [0.2, 0.25) is 5.91 Å². The molecule has 0 unspecified atom stereocenters. The van der Waals surface area contributed by atoms with E-state index in [0.29, 0.717) is 13.2 Å². The van der Waals surface area contributed by atoms with E-state index in [1.54, 1.807) is 18.6 Å². The molecule has 0 radical (unpaired) electrons. The molecule has 0 saturated carbocycles. The molecule has 2 saturated heterocycles. The number of hydroxylamine groups is 1. The Balaban J connectivity index is 1.49. The number of hydrogen-bond donors (Lipinski definition) is 1. The van der Waals surface area contributed by atoms with Gasteiger partial charge in [-0.25, -0.2) is 15.3 Å². The maximum Gasteiger partial charge on any atom is 0.248 e. The van der Waals surface area contributed by atoms with Gasteiger partial charge in [-0.3, -0.25) is 9.78 Å². The minimum absolute atomic E-state index is 0.0808. The van der Waals surface area contributed by atoms with Crippen molar-refractivity contribution in [3.63, 3.8) is 0 Å². The van der Waals surface area contributed by atoms with Crippen molar-refractivity contribution < 1.29 is 14.4 Å². The first-order valence-electron chi connectivity index (χ1n) is 7.91. The Kier molecular flexibility index (Phi) is 5.18. The summed E-state index contributed by atoms with van der Waals surface area (Å²) in [4.78, 5) is 28.1. The quantitative estimate of drug-likeness (QED) is 0.844. The lowest BCUT2D eigenvalue weighted by Crippen LogP contribution is -2.44. The maximum absolute atomic E-state index is 12.3. The van der Waals surface area contributed by atoms with E-state index >= 15 is 0 Å². The van der Waals surface area contributed by atoms with E-state index in [2.05, 4.69) is 20.3 Å². The minimum Gasteiger partial charge on any atom is -0.355 e. The van der Waals surface area contributed by atoms with Crippen molar-refractivity contribution in [3.8, 4) is 0 Å². The average molecular weight is 306 g/mol. The molecule has 2 aliphatic heterocycles. The number of anilines is 1. The van der Waals surface area contributed by atoms with Crippen molar-refractivity contribution in [2.24, 2.45) is 5.92 Å². The summed E-state index contributed by atoms with van der Waals surface area (Å²) in [6, 6.07) is 0. The van der Waals surface area contributed by atoms with Crippen molar-refractivity contribution in [2.45, 2.75) is 38.4 Å². The number of nitrogens with one attached hydrogen (secondary N) is 1. The number of hydrogen-bond acceptors (Lipinski definition) is 6. The zero-order valence-electron chi connectivity index (χ0n) is 12.6. The van der Waals surface area contributed by atoms with E-state index in [0.717, 1.165) is 44.5 Å². The van der Waals surface area contributed by atoms with E-state index in [9.17, 15) is 4.79 Å². The van der Waals surface area contributed by atoms with Crippen LogP contribution in [0.3, 0.4) is 0 Å². The van der Waals surface area contributed by atoms with Crippen molar-refractivity contribution in [2.75, 3.05) is 24.6 Å². The van der Waals surface area contributed by atoms with Crippen LogP contribution < -0.4 is 10.4 Å². The van der Waals surface area contributed by atoms with Crippen LogP contribution in [0.5, 0.6) is 0 Å². The molecule has 7 nitrogen and oxygen atoms in total. The van der Waals surface area contributed by atoms with E-state index in [1.165, 1.54) is 0 Å². The Hall–Kier alpha value is -1.73. The predicted molar refractivity (Wildman–Crippen MR) is 79.8 cm³/mol. The Labute approximate surface area is 130 Å². The Morgan fingerprint density at radius 3 is 3.05 bits per heavy atom. The summed E-state index contributed by atoms with van der Waals surface area (Å²) in [5, 5.41) is 0. The summed E-state index contributed by atoms with van der Waals surface area (Å²) >= 11 is 0. The summed E-state index contributed by atoms with van der Waals surface area (Å²) in [5.74, 6) is 0.638. The lowest BCUT2D eigenvalue weighted by atomic mass is 9.97. The van der Waals surface area contributed by atoms with Gasteiger partial charge in [0.1, 0.15) is 5.82 Å². The molecular weight excluding hydrogens is 284 g/mol. The fourth-order valence-electron chi connectivity index (χ4n) is 2.87. The molecular formula is C15H22N4O3. The zero-order chi connectivity index (χ0) is 15.2. The SMILES string of the molecule is O=C(NO[C@@H]1CCCCO1)[C@H]1CCCN(c2cnccn2)C1. The lowest BCUT2D eigenvalue weighted by molar-refractivity contribution is -0.202. The molecule has 3 heterocycles. The van der Waals surface area contributed by atoms with Gasteiger partial charge in [0.05, 0.1) is 12.1 Å². The molecule has 0 spiro atoms. The number of piperidine rings is 1. The molecule has 1 amide bonds. The van der Waals surface area contributed by atoms with Gasteiger partial charge in [-0.05, 0) is 25.7 Å². The first-order chi connectivity index (χ1) is 10.8. The normalized spacial score (nSPS) is 25.7. The second-order valence-corrected chi connectivity index (χ2v) is 5.73. The summed E-state index contributed by atoms with van der Waals surface area (Å²) in [7, 11) is 0. The largest absolute Gasteiger partial charge is 0.355 e. The molecule has 2 fully saturated rings. The van der Waals surface area contributed by atoms with Gasteiger partial charge in [-0.15, -0.1) is 0 Å². The molecule has 0 bridgehead atoms. The van der Waals surface area contributed by atoms with Crippen LogP contribution in [0.25, 0.3) is 0 Å². The van der Waals surface area contributed by atoms with Crippen LogP contribution in [0.2, 0.25) is 0 Å². The highest BCUT2D eigenvalue weighted by Crippen LogP contribution is 2.21. The van der Waals surface area contributed by atoms with Gasteiger partial charge >= 0.3 is 0 Å². The van der Waals surface area contributed by atoms with Crippen molar-refractivity contribution in [1.29, 1.82) is 0 Å². The number of carbonyl (C=O) groups excluding carboxylic acids is 1. The fraction of sp³-hybridized carbons (Fsp3) is 0.667. The number of ether oxygens (including phenoxy) is 1. The van der Waals surface area contributed by atoms with E-state index in [1.807, 2.05) is 0 Å². The average Bonchev–Trinajstić information content (AvgIpc) is 2.61. The van der Waals surface area contributed by atoms with Crippen LogP contribution in [0.1, 0.15) is 32.1 Å². The van der Waals surface area contributed by atoms with E-state index in [-0.39, 0.29) is 18.1 Å². The summed E-state index contributed by atoms with van der Waals surface area (Å²) in [6.07, 6.45) is 9.51.